The molecule has 1 heterocycles. The summed E-state index contributed by atoms with van der Waals surface area (Å²) < 4.78 is 5.12. The van der Waals surface area contributed by atoms with E-state index in [0.717, 1.165) is 25.1 Å². The van der Waals surface area contributed by atoms with Gasteiger partial charge >= 0.3 is 5.69 Å². The molecule has 1 N–H and O–H groups in total. The minimum absolute atomic E-state index is 0.0201. The molecule has 1 aromatic carbocycles. The summed E-state index contributed by atoms with van der Waals surface area (Å²) in [6, 6.07) is 5.13. The number of nitro groups is 1. The highest BCUT2D eigenvalue weighted by atomic mass is 16.6. The van der Waals surface area contributed by atoms with Crippen LogP contribution >= 0.6 is 0 Å². The van der Waals surface area contributed by atoms with E-state index in [-0.39, 0.29) is 5.69 Å². The Bertz CT molecular complexity index is 554. The van der Waals surface area contributed by atoms with Crippen LogP contribution in [0.5, 0.6) is 5.75 Å². The van der Waals surface area contributed by atoms with Gasteiger partial charge in [-0.2, -0.15) is 0 Å². The Labute approximate surface area is 111 Å². The number of fused-ring (bicyclic) bond motifs is 1. The lowest BCUT2D eigenvalue weighted by molar-refractivity contribution is -0.385. The topological polar surface area (TPSA) is 64.4 Å². The molecular weight excluding hydrogens is 244 g/mol. The molecule has 0 radical (unpaired) electrons. The molecular formula is C14H16N2O3. The molecule has 0 amide bonds. The lowest BCUT2D eigenvalue weighted by Crippen LogP contribution is -2.09. The van der Waals surface area contributed by atoms with Crippen molar-refractivity contribution >= 4 is 11.3 Å². The number of nitro benzene ring substituents is 1. The smallest absolute Gasteiger partial charge is 0.310 e. The second-order valence-corrected chi connectivity index (χ2v) is 5.12. The van der Waals surface area contributed by atoms with Gasteiger partial charge < -0.3 is 10.1 Å². The van der Waals surface area contributed by atoms with Gasteiger partial charge in [-0.05, 0) is 48.1 Å². The van der Waals surface area contributed by atoms with Crippen molar-refractivity contribution < 1.29 is 9.66 Å². The first-order valence-corrected chi connectivity index (χ1v) is 6.43. The van der Waals surface area contributed by atoms with E-state index >= 15 is 0 Å². The fraction of sp³-hybridized carbons (Fsp3) is 0.429. The van der Waals surface area contributed by atoms with E-state index in [1.165, 1.54) is 18.7 Å². The van der Waals surface area contributed by atoms with Gasteiger partial charge in [-0.25, -0.2) is 0 Å². The molecule has 2 aliphatic rings. The van der Waals surface area contributed by atoms with E-state index < -0.39 is 4.92 Å². The Hall–Kier alpha value is -1.88. The van der Waals surface area contributed by atoms with Crippen LogP contribution in [0.2, 0.25) is 0 Å². The first-order valence-electron chi connectivity index (χ1n) is 6.43. The summed E-state index contributed by atoms with van der Waals surface area (Å²) in [5.74, 6) is 1.62. The molecule has 0 aromatic heterocycles. The Morgan fingerprint density at radius 3 is 2.95 bits per heavy atom. The minimum atomic E-state index is -0.412. The van der Waals surface area contributed by atoms with Crippen molar-refractivity contribution in [2.24, 2.45) is 11.8 Å². The highest BCUT2D eigenvalue weighted by Gasteiger charge is 2.32. The Kier molecular flexibility index (Phi) is 2.98. The number of nitrogens with zero attached hydrogens (tertiary/aromatic N) is 1. The van der Waals surface area contributed by atoms with Crippen molar-refractivity contribution in [1.82, 2.24) is 5.32 Å². The first kappa shape index (κ1) is 12.2. The maximum absolute atomic E-state index is 10.9. The molecule has 0 saturated carbocycles. The zero-order chi connectivity index (χ0) is 13.4. The second-order valence-electron chi connectivity index (χ2n) is 5.12. The monoisotopic (exact) mass is 260 g/mol. The van der Waals surface area contributed by atoms with Crippen LogP contribution in [0.15, 0.2) is 24.3 Å². The van der Waals surface area contributed by atoms with Gasteiger partial charge in [0.05, 0.1) is 12.0 Å². The van der Waals surface area contributed by atoms with Gasteiger partial charge in [-0.3, -0.25) is 10.1 Å². The van der Waals surface area contributed by atoms with Crippen LogP contribution in [0.1, 0.15) is 12.0 Å². The summed E-state index contributed by atoms with van der Waals surface area (Å²) in [5.41, 5.74) is 2.34. The van der Waals surface area contributed by atoms with Crippen molar-refractivity contribution in [1.29, 1.82) is 0 Å². The summed E-state index contributed by atoms with van der Waals surface area (Å²) in [6.07, 6.45) is 3.34. The predicted molar refractivity (Wildman–Crippen MR) is 72.1 cm³/mol. The third kappa shape index (κ3) is 2.10. The zero-order valence-electron chi connectivity index (χ0n) is 10.8. The van der Waals surface area contributed by atoms with E-state index in [1.54, 1.807) is 6.07 Å². The fourth-order valence-electron chi connectivity index (χ4n) is 3.02. The van der Waals surface area contributed by atoms with Crippen LogP contribution in [-0.2, 0) is 0 Å². The molecule has 3 rings (SSSR count). The molecule has 100 valence electrons. The van der Waals surface area contributed by atoms with E-state index in [4.69, 9.17) is 4.74 Å². The molecule has 1 aliphatic heterocycles. The SMILES string of the molecule is COc1cc(C2=C[C@@H]3CNCC3C2)ccc1[N+](=O)[O-]. The summed E-state index contributed by atoms with van der Waals surface area (Å²) >= 11 is 0. The van der Waals surface area contributed by atoms with Gasteiger partial charge in [0.2, 0.25) is 0 Å². The highest BCUT2D eigenvalue weighted by Crippen LogP contribution is 2.40. The Morgan fingerprint density at radius 2 is 2.26 bits per heavy atom. The number of ether oxygens (including phenoxy) is 1. The predicted octanol–water partition coefficient (Wildman–Crippen LogP) is 2.23. The number of nitrogens with one attached hydrogen (secondary N) is 1. The van der Waals surface area contributed by atoms with Gasteiger partial charge in [0, 0.05) is 12.6 Å². The van der Waals surface area contributed by atoms with Crippen LogP contribution in [0, 0.1) is 22.0 Å². The van der Waals surface area contributed by atoms with E-state index in [1.807, 2.05) is 6.07 Å². The third-order valence-corrected chi connectivity index (χ3v) is 4.04. The quantitative estimate of drug-likeness (QED) is 0.668. The molecule has 2 atom stereocenters. The standard InChI is InChI=1S/C14H16N2O3/c1-19-14-6-9(2-3-13(14)16(17)18)10-4-11-7-15-8-12(11)5-10/h2-4,6,11-12,15H,5,7-8H2,1H3/t11-,12?/m1/s1. The number of hydrogen-bond acceptors (Lipinski definition) is 4. The molecule has 1 aromatic rings. The van der Waals surface area contributed by atoms with Crippen LogP contribution in [-0.4, -0.2) is 25.1 Å². The van der Waals surface area contributed by atoms with Gasteiger partial charge in [0.15, 0.2) is 5.75 Å². The van der Waals surface area contributed by atoms with Crippen molar-refractivity contribution in [2.45, 2.75) is 6.42 Å². The molecule has 19 heavy (non-hydrogen) atoms. The molecule has 1 unspecified atom stereocenters. The molecule has 1 saturated heterocycles. The van der Waals surface area contributed by atoms with Crippen LogP contribution in [0.25, 0.3) is 5.57 Å². The summed E-state index contributed by atoms with van der Waals surface area (Å²) in [7, 11) is 1.47. The summed E-state index contributed by atoms with van der Waals surface area (Å²) in [6.45, 7) is 2.10. The highest BCUT2D eigenvalue weighted by molar-refractivity contribution is 5.71. The third-order valence-electron chi connectivity index (χ3n) is 4.04. The molecule has 5 nitrogen and oxygen atoms in total. The average molecular weight is 260 g/mol. The van der Waals surface area contributed by atoms with E-state index in [2.05, 4.69) is 11.4 Å². The van der Waals surface area contributed by atoms with Crippen molar-refractivity contribution in [2.75, 3.05) is 20.2 Å². The molecule has 5 heteroatoms. The molecule has 1 fully saturated rings. The molecule has 1 aliphatic carbocycles. The molecule has 0 bridgehead atoms. The van der Waals surface area contributed by atoms with E-state index in [0.29, 0.717) is 17.6 Å². The van der Waals surface area contributed by atoms with Gasteiger partial charge in [0.25, 0.3) is 0 Å². The summed E-state index contributed by atoms with van der Waals surface area (Å²) in [5, 5.41) is 14.3. The number of methoxy groups -OCH3 is 1. The lowest BCUT2D eigenvalue weighted by Gasteiger charge is -2.08. The maximum atomic E-state index is 10.9. The number of rotatable bonds is 3. The Morgan fingerprint density at radius 1 is 1.42 bits per heavy atom. The fourth-order valence-corrected chi connectivity index (χ4v) is 3.02. The largest absolute Gasteiger partial charge is 0.490 e. The minimum Gasteiger partial charge on any atom is -0.490 e. The maximum Gasteiger partial charge on any atom is 0.310 e. The van der Waals surface area contributed by atoms with Crippen LogP contribution in [0.4, 0.5) is 5.69 Å². The number of allylic oxidation sites excluding steroid dienone is 1. The number of benzene rings is 1. The van der Waals surface area contributed by atoms with Gasteiger partial charge in [-0.1, -0.05) is 6.08 Å². The lowest BCUT2D eigenvalue weighted by atomic mass is 9.98. The van der Waals surface area contributed by atoms with Gasteiger partial charge in [0.1, 0.15) is 0 Å². The average Bonchev–Trinajstić information content (AvgIpc) is 2.98. The molecule has 0 spiro atoms. The van der Waals surface area contributed by atoms with Crippen molar-refractivity contribution in [3.8, 4) is 5.75 Å². The Balaban J connectivity index is 1.92. The number of hydrogen-bond donors (Lipinski definition) is 1. The normalized spacial score (nSPS) is 25.0. The first-order chi connectivity index (χ1) is 9.19. The van der Waals surface area contributed by atoms with Gasteiger partial charge in [-0.15, -0.1) is 0 Å². The van der Waals surface area contributed by atoms with Crippen LogP contribution < -0.4 is 10.1 Å². The second kappa shape index (κ2) is 4.66. The zero-order valence-corrected chi connectivity index (χ0v) is 10.8. The van der Waals surface area contributed by atoms with Crippen LogP contribution in [0.3, 0.4) is 0 Å². The summed E-state index contributed by atoms with van der Waals surface area (Å²) in [4.78, 5) is 10.5. The van der Waals surface area contributed by atoms with Crippen molar-refractivity contribution in [3.63, 3.8) is 0 Å². The van der Waals surface area contributed by atoms with Crippen molar-refractivity contribution in [3.05, 3.63) is 40.0 Å². The van der Waals surface area contributed by atoms with E-state index in [9.17, 15) is 10.1 Å².